The van der Waals surface area contributed by atoms with E-state index in [1.54, 1.807) is 42.0 Å². The van der Waals surface area contributed by atoms with Crippen LogP contribution >= 0.6 is 0 Å². The number of halogens is 3. The third kappa shape index (κ3) is 4.62. The molecule has 2 aliphatic rings. The maximum atomic E-state index is 13.3. The number of hydrogen-bond donors (Lipinski definition) is 0. The first-order chi connectivity index (χ1) is 16.7. The summed E-state index contributed by atoms with van der Waals surface area (Å²) in [6, 6.07) is 15.9. The quantitative estimate of drug-likeness (QED) is 0.540. The molecule has 0 saturated carbocycles. The van der Waals surface area contributed by atoms with Crippen molar-refractivity contribution in [3.8, 4) is 22.6 Å². The fourth-order valence-electron chi connectivity index (χ4n) is 5.08. The molecule has 2 bridgehead atoms. The van der Waals surface area contributed by atoms with Gasteiger partial charge in [0.1, 0.15) is 11.5 Å². The number of rotatable bonds is 4. The third-order valence-corrected chi connectivity index (χ3v) is 6.63. The minimum Gasteiger partial charge on any atom is -0.497 e. The number of benzene rings is 2. The van der Waals surface area contributed by atoms with Crippen LogP contribution in [-0.2, 0) is 6.54 Å². The number of likely N-dealkylation sites (tertiary alicyclic amines) is 1. The van der Waals surface area contributed by atoms with Gasteiger partial charge in [0.05, 0.1) is 7.11 Å². The van der Waals surface area contributed by atoms with Crippen molar-refractivity contribution in [1.82, 2.24) is 9.47 Å². The Labute approximate surface area is 199 Å². The summed E-state index contributed by atoms with van der Waals surface area (Å²) in [5.41, 5.74) is 2.22. The number of ether oxygens (including phenoxy) is 2. The Hall–Kier alpha value is -3.75. The summed E-state index contributed by atoms with van der Waals surface area (Å²) in [5.74, 6) is 0.475. The highest BCUT2D eigenvalue weighted by Crippen LogP contribution is 2.36. The summed E-state index contributed by atoms with van der Waals surface area (Å²) >= 11 is 0. The van der Waals surface area contributed by atoms with Gasteiger partial charge in [0.15, 0.2) is 0 Å². The topological polar surface area (TPSA) is 60.8 Å². The fraction of sp³-hybridized carbons (Fsp3) is 0.308. The van der Waals surface area contributed by atoms with E-state index < -0.39 is 6.36 Å². The van der Waals surface area contributed by atoms with Crippen LogP contribution in [0.5, 0.6) is 11.5 Å². The highest BCUT2D eigenvalue weighted by atomic mass is 19.4. The van der Waals surface area contributed by atoms with Crippen molar-refractivity contribution in [2.75, 3.05) is 20.2 Å². The Balaban J connectivity index is 1.38. The Morgan fingerprint density at radius 1 is 0.914 bits per heavy atom. The smallest absolute Gasteiger partial charge is 0.497 e. The average molecular weight is 484 g/mol. The number of nitrogens with zero attached hydrogens (tertiary/aromatic N) is 2. The van der Waals surface area contributed by atoms with Gasteiger partial charge in [0.25, 0.3) is 11.5 Å². The number of carbonyl (C=O) groups is 1. The number of methoxy groups -OCH3 is 1. The summed E-state index contributed by atoms with van der Waals surface area (Å²) in [7, 11) is 1.57. The monoisotopic (exact) mass is 484 g/mol. The van der Waals surface area contributed by atoms with Crippen LogP contribution in [0.1, 0.15) is 28.4 Å². The van der Waals surface area contributed by atoms with Crippen LogP contribution in [0.2, 0.25) is 0 Å². The van der Waals surface area contributed by atoms with E-state index >= 15 is 0 Å². The predicted molar refractivity (Wildman–Crippen MR) is 123 cm³/mol. The third-order valence-electron chi connectivity index (χ3n) is 6.63. The largest absolute Gasteiger partial charge is 0.573 e. The highest BCUT2D eigenvalue weighted by molar-refractivity contribution is 5.94. The molecule has 0 N–H and O–H groups in total. The van der Waals surface area contributed by atoms with Gasteiger partial charge in [0.2, 0.25) is 0 Å². The molecule has 182 valence electrons. The summed E-state index contributed by atoms with van der Waals surface area (Å²) in [6.07, 6.45) is -3.87. The number of pyridine rings is 1. The Bertz CT molecular complexity index is 1300. The van der Waals surface area contributed by atoms with Crippen molar-refractivity contribution in [2.24, 2.45) is 5.92 Å². The molecule has 3 aromatic rings. The second kappa shape index (κ2) is 8.79. The number of alkyl halides is 3. The lowest BCUT2D eigenvalue weighted by atomic mass is 9.82. The van der Waals surface area contributed by atoms with Gasteiger partial charge in [-0.05, 0) is 66.4 Å². The summed E-state index contributed by atoms with van der Waals surface area (Å²) in [5, 5.41) is 0. The van der Waals surface area contributed by atoms with E-state index in [4.69, 9.17) is 4.74 Å². The van der Waals surface area contributed by atoms with Gasteiger partial charge >= 0.3 is 6.36 Å². The molecule has 1 fully saturated rings. The van der Waals surface area contributed by atoms with Crippen LogP contribution in [0.3, 0.4) is 0 Å². The number of carbonyl (C=O) groups excluding carboxylic acids is 1. The van der Waals surface area contributed by atoms with Crippen molar-refractivity contribution in [2.45, 2.75) is 25.2 Å². The maximum Gasteiger partial charge on any atom is 0.573 e. The van der Waals surface area contributed by atoms with Crippen molar-refractivity contribution in [1.29, 1.82) is 0 Å². The average Bonchev–Trinajstić information content (AvgIpc) is 2.84. The van der Waals surface area contributed by atoms with Crippen molar-refractivity contribution in [3.05, 3.63) is 82.3 Å². The molecule has 35 heavy (non-hydrogen) atoms. The summed E-state index contributed by atoms with van der Waals surface area (Å²) in [4.78, 5) is 28.3. The standard InChI is InChI=1S/C26H23F3N2O4/c1-34-20-6-4-18(5-7-20)24(32)30-13-16-12-19(15-30)23-11-10-22(25(33)31(23)14-16)17-2-8-21(9-3-17)35-26(27,28)29/h2-11,16,19H,12-15H2,1H3. The Kier molecular flexibility index (Phi) is 5.78. The molecule has 2 atom stereocenters. The number of amides is 1. The van der Waals surface area contributed by atoms with Crippen LogP contribution < -0.4 is 15.0 Å². The predicted octanol–water partition coefficient (Wildman–Crippen LogP) is 4.68. The molecule has 9 heteroatoms. The van der Waals surface area contributed by atoms with Gasteiger partial charge in [0, 0.05) is 42.4 Å². The number of piperidine rings is 1. The first-order valence-electron chi connectivity index (χ1n) is 11.2. The number of fused-ring (bicyclic) bond motifs is 4. The SMILES string of the molecule is COc1ccc(C(=O)N2CC3CC(C2)c2ccc(-c4ccc(OC(F)(F)F)cc4)c(=O)n2C3)cc1. The normalized spacial score (nSPS) is 19.1. The molecule has 2 unspecified atom stereocenters. The molecular weight excluding hydrogens is 461 g/mol. The molecule has 2 aliphatic heterocycles. The van der Waals surface area contributed by atoms with Gasteiger partial charge in [-0.2, -0.15) is 0 Å². The van der Waals surface area contributed by atoms with Gasteiger partial charge in [-0.25, -0.2) is 0 Å². The Morgan fingerprint density at radius 2 is 1.60 bits per heavy atom. The van der Waals surface area contributed by atoms with Crippen LogP contribution in [0.4, 0.5) is 13.2 Å². The van der Waals surface area contributed by atoms with Gasteiger partial charge in [-0.3, -0.25) is 9.59 Å². The van der Waals surface area contributed by atoms with Crippen molar-refractivity contribution >= 4 is 5.91 Å². The van der Waals surface area contributed by atoms with E-state index in [2.05, 4.69) is 4.74 Å². The lowest BCUT2D eigenvalue weighted by Crippen LogP contribution is -2.49. The fourth-order valence-corrected chi connectivity index (χ4v) is 5.08. The summed E-state index contributed by atoms with van der Waals surface area (Å²) in [6.45, 7) is 1.56. The first-order valence-corrected chi connectivity index (χ1v) is 11.2. The zero-order valence-corrected chi connectivity index (χ0v) is 18.9. The molecule has 0 aliphatic carbocycles. The van der Waals surface area contributed by atoms with E-state index in [0.717, 1.165) is 12.1 Å². The van der Waals surface area contributed by atoms with Crippen LogP contribution in [-0.4, -0.2) is 41.9 Å². The molecule has 3 heterocycles. The van der Waals surface area contributed by atoms with Crippen LogP contribution in [0.25, 0.3) is 11.1 Å². The zero-order valence-electron chi connectivity index (χ0n) is 18.9. The van der Waals surface area contributed by atoms with Gasteiger partial charge in [-0.1, -0.05) is 12.1 Å². The van der Waals surface area contributed by atoms with E-state index in [9.17, 15) is 22.8 Å². The van der Waals surface area contributed by atoms with Crippen molar-refractivity contribution in [3.63, 3.8) is 0 Å². The van der Waals surface area contributed by atoms with Crippen LogP contribution in [0, 0.1) is 5.92 Å². The number of hydrogen-bond acceptors (Lipinski definition) is 4. The van der Waals surface area contributed by atoms with Crippen LogP contribution in [0.15, 0.2) is 65.5 Å². The molecule has 1 aromatic heterocycles. The minimum absolute atomic E-state index is 0.0361. The van der Waals surface area contributed by atoms with E-state index in [0.29, 0.717) is 42.1 Å². The Morgan fingerprint density at radius 3 is 2.26 bits per heavy atom. The molecule has 0 spiro atoms. The molecule has 2 aromatic carbocycles. The second-order valence-electron chi connectivity index (χ2n) is 8.90. The minimum atomic E-state index is -4.77. The molecular formula is C26H23F3N2O4. The summed E-state index contributed by atoms with van der Waals surface area (Å²) < 4.78 is 48.1. The van der Waals surface area contributed by atoms with E-state index in [-0.39, 0.29) is 29.1 Å². The van der Waals surface area contributed by atoms with E-state index in [1.165, 1.54) is 24.3 Å². The van der Waals surface area contributed by atoms with Crippen molar-refractivity contribution < 1.29 is 27.4 Å². The number of aromatic nitrogens is 1. The highest BCUT2D eigenvalue weighted by Gasteiger charge is 2.37. The second-order valence-corrected chi connectivity index (χ2v) is 8.90. The maximum absolute atomic E-state index is 13.3. The molecule has 5 rings (SSSR count). The van der Waals surface area contributed by atoms with Gasteiger partial charge < -0.3 is 18.9 Å². The zero-order chi connectivity index (χ0) is 24.7. The molecule has 1 saturated heterocycles. The first kappa shape index (κ1) is 23.0. The van der Waals surface area contributed by atoms with E-state index in [1.807, 2.05) is 11.0 Å². The lowest BCUT2D eigenvalue weighted by Gasteiger charge is -2.43. The molecule has 6 nitrogen and oxygen atoms in total. The molecule has 1 amide bonds. The lowest BCUT2D eigenvalue weighted by molar-refractivity contribution is -0.274. The molecule has 0 radical (unpaired) electrons. The van der Waals surface area contributed by atoms with Gasteiger partial charge in [-0.15, -0.1) is 13.2 Å².